The molecule has 0 saturated carbocycles. The highest BCUT2D eigenvalue weighted by molar-refractivity contribution is 7.99. The van der Waals surface area contributed by atoms with Crippen LogP contribution in [0.15, 0.2) is 70.5 Å². The maximum absolute atomic E-state index is 13.1. The Labute approximate surface area is 242 Å². The predicted octanol–water partition coefficient (Wildman–Crippen LogP) is 5.63. The van der Waals surface area contributed by atoms with Gasteiger partial charge in [-0.05, 0) is 67.4 Å². The zero-order valence-electron chi connectivity index (χ0n) is 22.2. The number of sulfone groups is 1. The molecule has 2 amide bonds. The largest absolute Gasteiger partial charge is 0.506 e. The molecule has 1 unspecified atom stereocenters. The van der Waals surface area contributed by atoms with Crippen molar-refractivity contribution < 1.29 is 32.6 Å². The lowest BCUT2D eigenvalue weighted by atomic mass is 10.1. The lowest BCUT2D eigenvalue weighted by molar-refractivity contribution is -0.115. The molecule has 0 fully saturated rings. The van der Waals surface area contributed by atoms with E-state index in [2.05, 4.69) is 29.2 Å². The third kappa shape index (κ3) is 7.56. The molecule has 0 heterocycles. The number of methoxy groups -OCH3 is 1. The quantitative estimate of drug-likeness (QED) is 0.154. The van der Waals surface area contributed by atoms with Crippen LogP contribution in [0.5, 0.6) is 5.75 Å². The number of rotatable bonds is 10. The van der Waals surface area contributed by atoms with E-state index < -0.39 is 38.6 Å². The number of benzene rings is 3. The smallest absolute Gasteiger partial charge is 0.337 e. The van der Waals surface area contributed by atoms with Crippen LogP contribution in [0.1, 0.15) is 41.5 Å². The number of aromatic hydroxyl groups is 1. The number of esters is 1. The maximum Gasteiger partial charge on any atom is 0.337 e. The van der Waals surface area contributed by atoms with Crippen LogP contribution in [-0.4, -0.2) is 49.4 Å². The molecule has 40 heavy (non-hydrogen) atoms. The van der Waals surface area contributed by atoms with Gasteiger partial charge in [0.1, 0.15) is 11.0 Å². The molecule has 0 saturated heterocycles. The third-order valence-corrected chi connectivity index (χ3v) is 9.56. The summed E-state index contributed by atoms with van der Waals surface area (Å²) in [7, 11) is -2.76. The first-order chi connectivity index (χ1) is 18.8. The van der Waals surface area contributed by atoms with Crippen molar-refractivity contribution in [1.29, 1.82) is 0 Å². The molecule has 1 atom stereocenters. The summed E-state index contributed by atoms with van der Waals surface area (Å²) in [6.07, 6.45) is 0. The van der Waals surface area contributed by atoms with Crippen LogP contribution in [-0.2, 0) is 19.4 Å². The summed E-state index contributed by atoms with van der Waals surface area (Å²) in [6.45, 7) is 5.45. The summed E-state index contributed by atoms with van der Waals surface area (Å²) in [5.74, 6) is -1.02. The molecule has 3 rings (SSSR count). The van der Waals surface area contributed by atoms with Gasteiger partial charge in [0.25, 0.3) is 5.91 Å². The summed E-state index contributed by atoms with van der Waals surface area (Å²) in [5, 5.41) is 13.9. The molecule has 0 aliphatic heterocycles. The van der Waals surface area contributed by atoms with Crippen molar-refractivity contribution >= 4 is 62.4 Å². The Kier molecular flexibility index (Phi) is 10.2. The fraction of sp³-hybridized carbons (Fsp3) is 0.250. The van der Waals surface area contributed by atoms with E-state index in [1.165, 1.54) is 56.5 Å². The number of anilines is 2. The summed E-state index contributed by atoms with van der Waals surface area (Å²) < 4.78 is 30.7. The number of thioether (sulfide) groups is 1. The number of ether oxygens (including phenoxy) is 1. The highest BCUT2D eigenvalue weighted by Crippen LogP contribution is 2.34. The van der Waals surface area contributed by atoms with Crippen molar-refractivity contribution in [2.45, 2.75) is 35.8 Å². The van der Waals surface area contributed by atoms with E-state index in [-0.39, 0.29) is 32.4 Å². The van der Waals surface area contributed by atoms with Gasteiger partial charge in [-0.25, -0.2) is 13.2 Å². The number of amides is 2. The van der Waals surface area contributed by atoms with Crippen molar-refractivity contribution in [3.8, 4) is 5.75 Å². The number of nitrogens with one attached hydrogen (secondary N) is 2. The third-order valence-electron chi connectivity index (χ3n) is 5.73. The van der Waals surface area contributed by atoms with Crippen LogP contribution in [0.3, 0.4) is 0 Å². The average Bonchev–Trinajstić information content (AvgIpc) is 2.93. The molecule has 0 radical (unpaired) electrons. The van der Waals surface area contributed by atoms with Gasteiger partial charge >= 0.3 is 5.97 Å². The van der Waals surface area contributed by atoms with Crippen LogP contribution >= 0.6 is 23.4 Å². The Morgan fingerprint density at radius 1 is 0.925 bits per heavy atom. The van der Waals surface area contributed by atoms with Crippen LogP contribution in [0.4, 0.5) is 11.4 Å². The number of halogens is 1. The van der Waals surface area contributed by atoms with Gasteiger partial charge in [-0.15, -0.1) is 11.8 Å². The lowest BCUT2D eigenvalue weighted by Gasteiger charge is -2.16. The molecule has 0 aliphatic carbocycles. The SMILES string of the molecule is COC(=O)c1ccc(C(=O)Nc2cc(Cl)c(NC(=O)C(C)S(=O)(=O)c3ccc(SCC(C)C)cc3)cc2O)cc1. The van der Waals surface area contributed by atoms with Crippen molar-refractivity contribution in [3.63, 3.8) is 0 Å². The van der Waals surface area contributed by atoms with E-state index in [1.54, 1.807) is 23.9 Å². The number of carbonyl (C=O) groups excluding carboxylic acids is 3. The van der Waals surface area contributed by atoms with E-state index in [1.807, 2.05) is 0 Å². The summed E-state index contributed by atoms with van der Waals surface area (Å²) in [6, 6.07) is 14.4. The molecular formula is C28H29ClN2O7S2. The minimum Gasteiger partial charge on any atom is -0.506 e. The van der Waals surface area contributed by atoms with E-state index in [9.17, 15) is 27.9 Å². The first-order valence-electron chi connectivity index (χ1n) is 12.1. The zero-order valence-corrected chi connectivity index (χ0v) is 24.6. The highest BCUT2D eigenvalue weighted by Gasteiger charge is 2.30. The maximum atomic E-state index is 13.1. The van der Waals surface area contributed by atoms with Gasteiger partial charge in [-0.1, -0.05) is 25.4 Å². The standard InChI is InChI=1S/C28H29ClN2O7S2/c1-16(2)15-39-20-9-11-21(12-10-20)40(36,37)17(3)26(33)30-23-14-25(32)24(13-22(23)29)31-27(34)18-5-7-19(8-6-18)28(35)38-4/h5-14,16-17,32H,15H2,1-4H3,(H,30,33)(H,31,34). The molecule has 0 spiro atoms. The van der Waals surface area contributed by atoms with Gasteiger partial charge in [0.05, 0.1) is 34.0 Å². The average molecular weight is 605 g/mol. The fourth-order valence-corrected chi connectivity index (χ4v) is 5.73. The highest BCUT2D eigenvalue weighted by atomic mass is 35.5. The summed E-state index contributed by atoms with van der Waals surface area (Å²) in [5.41, 5.74) is 0.387. The topological polar surface area (TPSA) is 139 Å². The van der Waals surface area contributed by atoms with Gasteiger partial charge in [0.2, 0.25) is 5.91 Å². The second-order valence-electron chi connectivity index (χ2n) is 9.23. The minimum atomic E-state index is -4.01. The number of phenols is 1. The summed E-state index contributed by atoms with van der Waals surface area (Å²) >= 11 is 7.89. The Morgan fingerprint density at radius 3 is 2.10 bits per heavy atom. The van der Waals surface area contributed by atoms with Crippen molar-refractivity contribution in [3.05, 3.63) is 76.8 Å². The minimum absolute atomic E-state index is 0.00988. The number of hydrogen-bond acceptors (Lipinski definition) is 8. The van der Waals surface area contributed by atoms with Crippen molar-refractivity contribution in [2.75, 3.05) is 23.5 Å². The van der Waals surface area contributed by atoms with E-state index >= 15 is 0 Å². The first kappa shape index (κ1) is 31.0. The van der Waals surface area contributed by atoms with Gasteiger partial charge < -0.3 is 20.5 Å². The van der Waals surface area contributed by atoms with Gasteiger partial charge in [0, 0.05) is 22.3 Å². The Morgan fingerprint density at radius 2 is 1.52 bits per heavy atom. The summed E-state index contributed by atoms with van der Waals surface area (Å²) in [4.78, 5) is 37.9. The van der Waals surface area contributed by atoms with Crippen molar-refractivity contribution in [2.24, 2.45) is 5.92 Å². The first-order valence-corrected chi connectivity index (χ1v) is 15.0. The normalized spacial score (nSPS) is 12.1. The Hall–Kier alpha value is -3.54. The Balaban J connectivity index is 1.70. The second kappa shape index (κ2) is 13.2. The molecule has 0 aromatic heterocycles. The van der Waals surface area contributed by atoms with Gasteiger partial charge in [-0.2, -0.15) is 0 Å². The predicted molar refractivity (Wildman–Crippen MR) is 156 cm³/mol. The zero-order chi connectivity index (χ0) is 29.6. The van der Waals surface area contributed by atoms with Crippen LogP contribution in [0.2, 0.25) is 5.02 Å². The van der Waals surface area contributed by atoms with Gasteiger partial charge in [0.15, 0.2) is 9.84 Å². The van der Waals surface area contributed by atoms with E-state index in [0.717, 1.165) is 16.7 Å². The number of phenolic OH excluding ortho intramolecular Hbond substituents is 1. The molecule has 3 N–H and O–H groups in total. The molecular weight excluding hydrogens is 576 g/mol. The molecule has 0 bridgehead atoms. The fourth-order valence-electron chi connectivity index (χ4n) is 3.40. The lowest BCUT2D eigenvalue weighted by Crippen LogP contribution is -2.32. The molecule has 212 valence electrons. The van der Waals surface area contributed by atoms with E-state index in [0.29, 0.717) is 5.92 Å². The van der Waals surface area contributed by atoms with Crippen molar-refractivity contribution in [1.82, 2.24) is 0 Å². The van der Waals surface area contributed by atoms with E-state index in [4.69, 9.17) is 11.6 Å². The molecule has 3 aromatic carbocycles. The Bertz CT molecular complexity index is 1510. The van der Waals surface area contributed by atoms with Crippen LogP contribution in [0.25, 0.3) is 0 Å². The number of carbonyl (C=O) groups is 3. The molecule has 9 nitrogen and oxygen atoms in total. The van der Waals surface area contributed by atoms with Crippen LogP contribution in [0, 0.1) is 5.92 Å². The van der Waals surface area contributed by atoms with Gasteiger partial charge in [-0.3, -0.25) is 9.59 Å². The molecule has 12 heteroatoms. The van der Waals surface area contributed by atoms with Crippen LogP contribution < -0.4 is 10.6 Å². The monoisotopic (exact) mass is 604 g/mol. The number of hydrogen-bond donors (Lipinski definition) is 3. The molecule has 3 aromatic rings. The molecule has 0 aliphatic rings. The second-order valence-corrected chi connectivity index (χ2v) is 13.0.